The summed E-state index contributed by atoms with van der Waals surface area (Å²) in [6.07, 6.45) is 0. The summed E-state index contributed by atoms with van der Waals surface area (Å²) in [5.74, 6) is 1.65. The number of carbonyl (C=O) groups is 1. The predicted molar refractivity (Wildman–Crippen MR) is 108 cm³/mol. The normalized spacial score (nSPS) is 10.1. The Bertz CT molecular complexity index is 800. The molecule has 9 heteroatoms. The molecule has 29 heavy (non-hydrogen) atoms. The fraction of sp³-hybridized carbons (Fsp3) is 0.350. The molecule has 1 N–H and O–H groups in total. The minimum Gasteiger partial charge on any atom is -0.493 e. The van der Waals surface area contributed by atoms with Gasteiger partial charge in [0.25, 0.3) is 5.91 Å². The second-order valence-electron chi connectivity index (χ2n) is 6.05. The summed E-state index contributed by atoms with van der Waals surface area (Å²) in [4.78, 5) is 22.8. The summed E-state index contributed by atoms with van der Waals surface area (Å²) in [5.41, 5.74) is 1.30. The first-order valence-electron chi connectivity index (χ1n) is 8.86. The quantitative estimate of drug-likeness (QED) is 0.455. The van der Waals surface area contributed by atoms with Gasteiger partial charge in [0.05, 0.1) is 33.2 Å². The van der Waals surface area contributed by atoms with Crippen LogP contribution in [-0.2, 0) is 6.54 Å². The number of amides is 1. The Hall–Kier alpha value is -3.49. The zero-order valence-electron chi connectivity index (χ0n) is 16.9. The van der Waals surface area contributed by atoms with E-state index < -0.39 is 0 Å². The molecule has 0 unspecified atom stereocenters. The lowest BCUT2D eigenvalue weighted by atomic mass is 10.1. The smallest absolute Gasteiger partial charge is 0.251 e. The standard InChI is InChI=1S/C20H25N3O6/c1-23(22-25)9-10-29-16-7-5-14(6-8-16)13-21-20(24)15-11-17(26-2)19(28-4)18(12-15)27-3/h5-8,11-12H,9-10,13H2,1-4H3,(H,21,24). The molecule has 2 rings (SSSR count). The molecule has 156 valence electrons. The van der Waals surface area contributed by atoms with Crippen LogP contribution in [-0.4, -0.2) is 52.4 Å². The van der Waals surface area contributed by atoms with Gasteiger partial charge in [-0.1, -0.05) is 12.1 Å². The highest BCUT2D eigenvalue weighted by molar-refractivity contribution is 5.95. The largest absolute Gasteiger partial charge is 0.493 e. The molecular weight excluding hydrogens is 378 g/mol. The van der Waals surface area contributed by atoms with Crippen LogP contribution in [0.4, 0.5) is 0 Å². The highest BCUT2D eigenvalue weighted by Gasteiger charge is 2.16. The zero-order valence-corrected chi connectivity index (χ0v) is 16.9. The third-order valence-electron chi connectivity index (χ3n) is 4.13. The second-order valence-corrected chi connectivity index (χ2v) is 6.05. The second kappa shape index (κ2) is 10.7. The van der Waals surface area contributed by atoms with E-state index in [1.807, 2.05) is 12.1 Å². The number of nitroso groups, excluding NO2 is 1. The van der Waals surface area contributed by atoms with Crippen molar-refractivity contribution in [1.29, 1.82) is 0 Å². The van der Waals surface area contributed by atoms with Gasteiger partial charge in [-0.25, -0.2) is 0 Å². The van der Waals surface area contributed by atoms with Crippen molar-refractivity contribution in [1.82, 2.24) is 10.3 Å². The Morgan fingerprint density at radius 1 is 1.03 bits per heavy atom. The number of nitrogens with zero attached hydrogens (tertiary/aromatic N) is 2. The summed E-state index contributed by atoms with van der Waals surface area (Å²) < 4.78 is 21.3. The molecule has 0 atom stereocenters. The lowest BCUT2D eigenvalue weighted by Crippen LogP contribution is -2.23. The van der Waals surface area contributed by atoms with E-state index in [0.717, 1.165) is 5.56 Å². The summed E-state index contributed by atoms with van der Waals surface area (Å²) in [7, 11) is 6.08. The first kappa shape index (κ1) is 21.8. The first-order valence-corrected chi connectivity index (χ1v) is 8.86. The Morgan fingerprint density at radius 3 is 2.17 bits per heavy atom. The fourth-order valence-corrected chi connectivity index (χ4v) is 2.54. The van der Waals surface area contributed by atoms with Crippen LogP contribution in [0.3, 0.4) is 0 Å². The molecule has 2 aromatic rings. The van der Waals surface area contributed by atoms with E-state index in [0.29, 0.717) is 48.3 Å². The number of carbonyl (C=O) groups excluding carboxylic acids is 1. The van der Waals surface area contributed by atoms with Gasteiger partial charge in [-0.15, -0.1) is 4.91 Å². The van der Waals surface area contributed by atoms with E-state index in [1.54, 1.807) is 31.3 Å². The van der Waals surface area contributed by atoms with E-state index in [4.69, 9.17) is 18.9 Å². The number of likely N-dealkylation sites (N-methyl/N-ethyl adjacent to an activating group) is 1. The van der Waals surface area contributed by atoms with Crippen LogP contribution >= 0.6 is 0 Å². The van der Waals surface area contributed by atoms with Crippen molar-refractivity contribution < 1.29 is 23.7 Å². The van der Waals surface area contributed by atoms with E-state index in [-0.39, 0.29) is 5.91 Å². The van der Waals surface area contributed by atoms with Gasteiger partial charge in [0.2, 0.25) is 5.75 Å². The number of hydrogen-bond acceptors (Lipinski definition) is 7. The average Bonchev–Trinajstić information content (AvgIpc) is 2.76. The number of benzene rings is 2. The molecule has 0 fully saturated rings. The van der Waals surface area contributed by atoms with Gasteiger partial charge < -0.3 is 24.3 Å². The molecule has 0 radical (unpaired) electrons. The van der Waals surface area contributed by atoms with Crippen molar-refractivity contribution in [2.45, 2.75) is 6.54 Å². The minimum absolute atomic E-state index is 0.269. The maximum absolute atomic E-state index is 12.5. The molecule has 0 bridgehead atoms. The van der Waals surface area contributed by atoms with E-state index in [2.05, 4.69) is 10.6 Å². The number of methoxy groups -OCH3 is 3. The van der Waals surface area contributed by atoms with E-state index in [9.17, 15) is 9.70 Å². The molecule has 0 spiro atoms. The molecule has 0 saturated heterocycles. The van der Waals surface area contributed by atoms with Crippen LogP contribution in [0.1, 0.15) is 15.9 Å². The molecule has 0 aliphatic heterocycles. The van der Waals surface area contributed by atoms with Gasteiger partial charge in [0, 0.05) is 19.2 Å². The SMILES string of the molecule is COc1cc(C(=O)NCc2ccc(OCCN(C)N=O)cc2)cc(OC)c1OC. The summed E-state index contributed by atoms with van der Waals surface area (Å²) in [5, 5.41) is 6.88. The van der Waals surface area contributed by atoms with E-state index in [1.165, 1.54) is 26.3 Å². The lowest BCUT2D eigenvalue weighted by molar-refractivity contribution is 0.0950. The molecule has 9 nitrogen and oxygen atoms in total. The molecule has 0 aliphatic carbocycles. The van der Waals surface area contributed by atoms with Crippen LogP contribution in [0.2, 0.25) is 0 Å². The minimum atomic E-state index is -0.269. The van der Waals surface area contributed by atoms with Gasteiger partial charge in [0.1, 0.15) is 12.4 Å². The molecule has 0 aliphatic rings. The summed E-state index contributed by atoms with van der Waals surface area (Å²) in [6, 6.07) is 10.5. The molecule has 1 amide bonds. The maximum Gasteiger partial charge on any atom is 0.251 e. The van der Waals surface area contributed by atoms with Crippen LogP contribution < -0.4 is 24.3 Å². The third-order valence-corrected chi connectivity index (χ3v) is 4.13. The van der Waals surface area contributed by atoms with Crippen molar-refractivity contribution in [3.63, 3.8) is 0 Å². The van der Waals surface area contributed by atoms with Crippen molar-refractivity contribution >= 4 is 5.91 Å². The topological polar surface area (TPSA) is 98.7 Å². The van der Waals surface area contributed by atoms with Crippen molar-refractivity contribution in [3.8, 4) is 23.0 Å². The van der Waals surface area contributed by atoms with Gasteiger partial charge in [-0.05, 0) is 29.8 Å². The highest BCUT2D eigenvalue weighted by Crippen LogP contribution is 2.38. The highest BCUT2D eigenvalue weighted by atomic mass is 16.5. The van der Waals surface area contributed by atoms with Crippen LogP contribution in [0, 0.1) is 4.91 Å². The first-order chi connectivity index (χ1) is 14.0. The number of nitrogens with one attached hydrogen (secondary N) is 1. The Kier molecular flexibility index (Phi) is 8.08. The van der Waals surface area contributed by atoms with Gasteiger partial charge in [0.15, 0.2) is 11.5 Å². The number of ether oxygens (including phenoxy) is 4. The van der Waals surface area contributed by atoms with Crippen LogP contribution in [0.5, 0.6) is 23.0 Å². The monoisotopic (exact) mass is 403 g/mol. The van der Waals surface area contributed by atoms with Gasteiger partial charge >= 0.3 is 0 Å². The summed E-state index contributed by atoms with van der Waals surface area (Å²) in [6.45, 7) is 1.09. The maximum atomic E-state index is 12.5. The van der Waals surface area contributed by atoms with Crippen LogP contribution in [0.25, 0.3) is 0 Å². The Balaban J connectivity index is 1.96. The van der Waals surface area contributed by atoms with Crippen molar-refractivity contribution in [2.75, 3.05) is 41.5 Å². The average molecular weight is 403 g/mol. The van der Waals surface area contributed by atoms with Crippen molar-refractivity contribution in [2.24, 2.45) is 5.29 Å². The van der Waals surface area contributed by atoms with Crippen molar-refractivity contribution in [3.05, 3.63) is 52.4 Å². The fourth-order valence-electron chi connectivity index (χ4n) is 2.54. The summed E-state index contributed by atoms with van der Waals surface area (Å²) >= 11 is 0. The third kappa shape index (κ3) is 6.00. The lowest BCUT2D eigenvalue weighted by Gasteiger charge is -2.14. The van der Waals surface area contributed by atoms with Gasteiger partial charge in [-0.3, -0.25) is 9.80 Å². The molecular formula is C20H25N3O6. The Labute approximate surface area is 169 Å². The zero-order chi connectivity index (χ0) is 21.2. The number of rotatable bonds is 11. The molecule has 0 saturated carbocycles. The molecule has 2 aromatic carbocycles. The molecule has 0 heterocycles. The number of hydrogen-bond donors (Lipinski definition) is 1. The van der Waals surface area contributed by atoms with Crippen LogP contribution in [0.15, 0.2) is 41.7 Å². The van der Waals surface area contributed by atoms with Gasteiger partial charge in [-0.2, -0.15) is 0 Å². The predicted octanol–water partition coefficient (Wildman–Crippen LogP) is 2.63. The molecule has 0 aromatic heterocycles. The Morgan fingerprint density at radius 2 is 1.66 bits per heavy atom. The van der Waals surface area contributed by atoms with E-state index >= 15 is 0 Å².